The second kappa shape index (κ2) is 6.17. The van der Waals surface area contributed by atoms with Gasteiger partial charge in [-0.25, -0.2) is 0 Å². The predicted octanol–water partition coefficient (Wildman–Crippen LogP) is -0.935. The molecular formula is C10H20O5. The number of hydrogen-bond donors (Lipinski definition) is 4. The van der Waals surface area contributed by atoms with Crippen LogP contribution in [0.25, 0.3) is 0 Å². The number of carbonyl (C=O) groups is 1. The van der Waals surface area contributed by atoms with E-state index in [1.165, 1.54) is 0 Å². The van der Waals surface area contributed by atoms with Crippen molar-refractivity contribution < 1.29 is 25.2 Å². The van der Waals surface area contributed by atoms with Crippen LogP contribution in [0.15, 0.2) is 0 Å². The lowest BCUT2D eigenvalue weighted by molar-refractivity contribution is -0.147. The SMILES string of the molecule is CCC(O)C(O)C(O)C(O)C(=O)C(C)C. The molecule has 0 bridgehead atoms. The Bertz CT molecular complexity index is 204. The molecule has 5 heteroatoms. The highest BCUT2D eigenvalue weighted by molar-refractivity contribution is 5.85. The average Bonchev–Trinajstić information content (AvgIpc) is 2.23. The molecule has 4 unspecified atom stereocenters. The van der Waals surface area contributed by atoms with Gasteiger partial charge in [-0.1, -0.05) is 20.8 Å². The van der Waals surface area contributed by atoms with E-state index in [1.807, 2.05) is 0 Å². The van der Waals surface area contributed by atoms with Crippen molar-refractivity contribution >= 4 is 5.78 Å². The van der Waals surface area contributed by atoms with Gasteiger partial charge in [-0.2, -0.15) is 0 Å². The van der Waals surface area contributed by atoms with E-state index in [9.17, 15) is 25.2 Å². The summed E-state index contributed by atoms with van der Waals surface area (Å²) in [6.07, 6.45) is -5.71. The van der Waals surface area contributed by atoms with E-state index >= 15 is 0 Å². The molecule has 0 aromatic rings. The van der Waals surface area contributed by atoms with Crippen molar-refractivity contribution in [3.8, 4) is 0 Å². The Balaban J connectivity index is 4.43. The summed E-state index contributed by atoms with van der Waals surface area (Å²) in [6.45, 7) is 4.79. The Morgan fingerprint density at radius 1 is 1.07 bits per heavy atom. The molecule has 0 aromatic carbocycles. The summed E-state index contributed by atoms with van der Waals surface area (Å²) >= 11 is 0. The van der Waals surface area contributed by atoms with Crippen LogP contribution >= 0.6 is 0 Å². The maximum Gasteiger partial charge on any atom is 0.166 e. The summed E-state index contributed by atoms with van der Waals surface area (Å²) in [7, 11) is 0. The molecule has 0 aliphatic rings. The van der Waals surface area contributed by atoms with Crippen LogP contribution in [-0.2, 0) is 4.79 Å². The highest BCUT2D eigenvalue weighted by Crippen LogP contribution is 2.11. The minimum absolute atomic E-state index is 0.237. The molecule has 4 atom stereocenters. The summed E-state index contributed by atoms with van der Waals surface area (Å²) in [5.41, 5.74) is 0. The van der Waals surface area contributed by atoms with Crippen molar-refractivity contribution in [2.24, 2.45) is 5.92 Å². The zero-order valence-corrected chi connectivity index (χ0v) is 9.29. The molecule has 0 heterocycles. The van der Waals surface area contributed by atoms with Gasteiger partial charge in [0.25, 0.3) is 0 Å². The number of carbonyl (C=O) groups excluding carboxylic acids is 1. The van der Waals surface area contributed by atoms with E-state index < -0.39 is 36.1 Å². The van der Waals surface area contributed by atoms with Gasteiger partial charge in [0.15, 0.2) is 5.78 Å². The van der Waals surface area contributed by atoms with Crippen molar-refractivity contribution in [3.63, 3.8) is 0 Å². The lowest BCUT2D eigenvalue weighted by atomic mass is 9.94. The first-order valence-electron chi connectivity index (χ1n) is 5.08. The molecule has 0 spiro atoms. The molecule has 0 fully saturated rings. The van der Waals surface area contributed by atoms with Gasteiger partial charge >= 0.3 is 0 Å². The highest BCUT2D eigenvalue weighted by Gasteiger charge is 2.34. The smallest absolute Gasteiger partial charge is 0.166 e. The zero-order chi connectivity index (χ0) is 12.2. The monoisotopic (exact) mass is 220 g/mol. The van der Waals surface area contributed by atoms with Gasteiger partial charge in [-0.05, 0) is 6.42 Å². The van der Waals surface area contributed by atoms with E-state index in [0.29, 0.717) is 0 Å². The number of hydrogen-bond acceptors (Lipinski definition) is 5. The Hall–Kier alpha value is -0.490. The number of rotatable bonds is 6. The van der Waals surface area contributed by atoms with Crippen molar-refractivity contribution in [1.29, 1.82) is 0 Å². The molecule has 5 nitrogen and oxygen atoms in total. The first-order valence-corrected chi connectivity index (χ1v) is 5.08. The van der Waals surface area contributed by atoms with Crippen LogP contribution in [0.1, 0.15) is 27.2 Å². The van der Waals surface area contributed by atoms with Crippen LogP contribution in [-0.4, -0.2) is 50.6 Å². The molecule has 0 rings (SSSR count). The Kier molecular flexibility index (Phi) is 5.97. The maximum atomic E-state index is 11.3. The van der Waals surface area contributed by atoms with Crippen LogP contribution in [0.2, 0.25) is 0 Å². The quantitative estimate of drug-likeness (QED) is 0.463. The fraction of sp³-hybridized carbons (Fsp3) is 0.900. The second-order valence-electron chi connectivity index (χ2n) is 3.96. The third-order valence-electron chi connectivity index (χ3n) is 2.35. The summed E-state index contributed by atoms with van der Waals surface area (Å²) in [4.78, 5) is 11.3. The molecule has 0 aromatic heterocycles. The summed E-state index contributed by atoms with van der Waals surface area (Å²) in [6, 6.07) is 0. The zero-order valence-electron chi connectivity index (χ0n) is 9.29. The van der Waals surface area contributed by atoms with E-state index in [2.05, 4.69) is 0 Å². The van der Waals surface area contributed by atoms with Gasteiger partial charge in [0.05, 0.1) is 6.10 Å². The second-order valence-corrected chi connectivity index (χ2v) is 3.96. The summed E-state index contributed by atoms with van der Waals surface area (Å²) < 4.78 is 0. The number of Topliss-reactive ketones (excluding diaryl/α,β-unsaturated/α-hetero) is 1. The Labute approximate surface area is 89.4 Å². The van der Waals surface area contributed by atoms with Crippen molar-refractivity contribution in [3.05, 3.63) is 0 Å². The molecule has 0 amide bonds. The maximum absolute atomic E-state index is 11.3. The van der Waals surface area contributed by atoms with E-state index in [-0.39, 0.29) is 6.42 Å². The normalized spacial score (nSPS) is 19.7. The molecule has 15 heavy (non-hydrogen) atoms. The van der Waals surface area contributed by atoms with Crippen LogP contribution in [0.3, 0.4) is 0 Å². The lowest BCUT2D eigenvalue weighted by Crippen LogP contribution is -2.48. The molecule has 4 N–H and O–H groups in total. The fourth-order valence-corrected chi connectivity index (χ4v) is 1.17. The summed E-state index contributed by atoms with van der Waals surface area (Å²) in [5, 5.41) is 37.4. The van der Waals surface area contributed by atoms with Gasteiger partial charge in [-0.15, -0.1) is 0 Å². The molecule has 0 aliphatic carbocycles. The van der Waals surface area contributed by atoms with Crippen LogP contribution < -0.4 is 0 Å². The van der Waals surface area contributed by atoms with Gasteiger partial charge in [0.1, 0.15) is 18.3 Å². The standard InChI is InChI=1S/C10H20O5/c1-4-6(11)8(13)10(15)9(14)7(12)5(2)3/h5-6,8-11,13-15H,4H2,1-3H3. The molecular weight excluding hydrogens is 200 g/mol. The van der Waals surface area contributed by atoms with Crippen LogP contribution in [0, 0.1) is 5.92 Å². The minimum atomic E-state index is -1.65. The van der Waals surface area contributed by atoms with Gasteiger partial charge in [0.2, 0.25) is 0 Å². The van der Waals surface area contributed by atoms with E-state index in [1.54, 1.807) is 20.8 Å². The van der Waals surface area contributed by atoms with Crippen LogP contribution in [0.5, 0.6) is 0 Å². The fourth-order valence-electron chi connectivity index (χ4n) is 1.17. The predicted molar refractivity (Wildman–Crippen MR) is 54.2 cm³/mol. The number of aliphatic hydroxyl groups is 4. The van der Waals surface area contributed by atoms with Crippen molar-refractivity contribution in [1.82, 2.24) is 0 Å². The highest BCUT2D eigenvalue weighted by atomic mass is 16.4. The Morgan fingerprint density at radius 3 is 1.87 bits per heavy atom. The molecule has 0 saturated carbocycles. The number of aliphatic hydroxyl groups excluding tert-OH is 4. The van der Waals surface area contributed by atoms with E-state index in [4.69, 9.17) is 0 Å². The number of ketones is 1. The minimum Gasteiger partial charge on any atom is -0.390 e. The van der Waals surface area contributed by atoms with Gasteiger partial charge in [0, 0.05) is 5.92 Å². The van der Waals surface area contributed by atoms with Gasteiger partial charge in [-0.3, -0.25) is 4.79 Å². The van der Waals surface area contributed by atoms with Gasteiger partial charge < -0.3 is 20.4 Å². The van der Waals surface area contributed by atoms with Crippen molar-refractivity contribution in [2.45, 2.75) is 51.6 Å². The van der Waals surface area contributed by atoms with Crippen LogP contribution in [0.4, 0.5) is 0 Å². The van der Waals surface area contributed by atoms with E-state index in [0.717, 1.165) is 0 Å². The van der Waals surface area contributed by atoms with Crippen molar-refractivity contribution in [2.75, 3.05) is 0 Å². The third kappa shape index (κ3) is 3.87. The molecule has 0 aliphatic heterocycles. The molecule has 0 saturated heterocycles. The third-order valence-corrected chi connectivity index (χ3v) is 2.35. The Morgan fingerprint density at radius 2 is 1.53 bits per heavy atom. The first kappa shape index (κ1) is 14.5. The largest absolute Gasteiger partial charge is 0.390 e. The molecule has 90 valence electrons. The average molecular weight is 220 g/mol. The molecule has 0 radical (unpaired) electrons. The topological polar surface area (TPSA) is 98.0 Å². The first-order chi connectivity index (χ1) is 6.82. The lowest BCUT2D eigenvalue weighted by Gasteiger charge is -2.25. The summed E-state index contributed by atoms with van der Waals surface area (Å²) in [5.74, 6) is -0.981.